The van der Waals surface area contributed by atoms with Crippen LogP contribution < -0.4 is 5.32 Å². The van der Waals surface area contributed by atoms with E-state index >= 15 is 0 Å². The molecule has 1 saturated carbocycles. The Labute approximate surface area is 164 Å². The number of carbonyl (C=O) groups is 2. The van der Waals surface area contributed by atoms with Gasteiger partial charge in [-0.25, -0.2) is 4.79 Å². The Morgan fingerprint density at radius 3 is 2.44 bits per heavy atom. The van der Waals surface area contributed by atoms with Gasteiger partial charge in [-0.2, -0.15) is 0 Å². The third-order valence-corrected chi connectivity index (χ3v) is 5.67. The lowest BCUT2D eigenvalue weighted by Gasteiger charge is -2.28. The van der Waals surface area contributed by atoms with Crippen molar-refractivity contribution in [3.63, 3.8) is 0 Å². The molecule has 6 nitrogen and oxygen atoms in total. The van der Waals surface area contributed by atoms with Crippen molar-refractivity contribution in [3.05, 3.63) is 0 Å². The van der Waals surface area contributed by atoms with Crippen LogP contribution in [0.15, 0.2) is 0 Å². The Hall–Kier alpha value is -1.30. The summed E-state index contributed by atoms with van der Waals surface area (Å²) < 4.78 is 5.42. The number of amides is 2. The number of carbonyl (C=O) groups excluding carboxylic acids is 2. The quantitative estimate of drug-likeness (QED) is 0.707. The number of ether oxygens (including phenoxy) is 1. The van der Waals surface area contributed by atoms with Crippen LogP contribution in [0.4, 0.5) is 4.79 Å². The van der Waals surface area contributed by atoms with E-state index in [1.807, 2.05) is 25.7 Å². The minimum Gasteiger partial charge on any atom is -0.444 e. The van der Waals surface area contributed by atoms with Gasteiger partial charge in [-0.3, -0.25) is 4.79 Å². The summed E-state index contributed by atoms with van der Waals surface area (Å²) in [5.41, 5.74) is -0.524. The zero-order valence-electron chi connectivity index (χ0n) is 17.3. The van der Waals surface area contributed by atoms with Crippen LogP contribution in [0.2, 0.25) is 0 Å². The molecule has 2 unspecified atom stereocenters. The van der Waals surface area contributed by atoms with Gasteiger partial charge >= 0.3 is 6.09 Å². The second-order valence-corrected chi connectivity index (χ2v) is 9.30. The molecule has 27 heavy (non-hydrogen) atoms. The highest BCUT2D eigenvalue weighted by Gasteiger charge is 2.28. The molecular formula is C21H38N2O4. The standard InChI is InChI=1S/C21H38N2O4/c1-21(2,3)27-20(26)22-18(13-16-7-5-4-6-8-16)9-10-19(25)23-12-11-17(14-23)15-24/h16-18,24H,4-15H2,1-3H3,(H,22,26). The number of hydrogen-bond acceptors (Lipinski definition) is 4. The fourth-order valence-electron chi connectivity index (χ4n) is 4.21. The lowest BCUT2D eigenvalue weighted by Crippen LogP contribution is -2.41. The molecule has 2 aliphatic rings. The second kappa shape index (κ2) is 10.3. The van der Waals surface area contributed by atoms with Crippen molar-refractivity contribution < 1.29 is 19.4 Å². The Morgan fingerprint density at radius 2 is 1.85 bits per heavy atom. The molecule has 2 fully saturated rings. The lowest BCUT2D eigenvalue weighted by molar-refractivity contribution is -0.130. The van der Waals surface area contributed by atoms with Gasteiger partial charge < -0.3 is 20.1 Å². The first-order valence-electron chi connectivity index (χ1n) is 10.6. The topological polar surface area (TPSA) is 78.9 Å². The number of nitrogens with one attached hydrogen (secondary N) is 1. The number of hydrogen-bond donors (Lipinski definition) is 2. The number of alkyl carbamates (subject to hydrolysis) is 1. The Bertz CT molecular complexity index is 483. The molecule has 2 rings (SSSR count). The van der Waals surface area contributed by atoms with Gasteiger partial charge in [-0.05, 0) is 46.0 Å². The molecule has 0 aromatic rings. The third-order valence-electron chi connectivity index (χ3n) is 5.67. The smallest absolute Gasteiger partial charge is 0.407 e. The molecule has 6 heteroatoms. The SMILES string of the molecule is CC(C)(C)OC(=O)NC(CCC(=O)N1CCC(CO)C1)CC1CCCCC1. The van der Waals surface area contributed by atoms with Crippen LogP contribution in [0.5, 0.6) is 0 Å². The van der Waals surface area contributed by atoms with Crippen LogP contribution in [0.3, 0.4) is 0 Å². The highest BCUT2D eigenvalue weighted by Crippen LogP contribution is 2.28. The van der Waals surface area contributed by atoms with E-state index in [0.29, 0.717) is 25.3 Å². The summed E-state index contributed by atoms with van der Waals surface area (Å²) >= 11 is 0. The van der Waals surface area contributed by atoms with Gasteiger partial charge in [0.1, 0.15) is 5.60 Å². The molecule has 2 N–H and O–H groups in total. The van der Waals surface area contributed by atoms with E-state index in [1.165, 1.54) is 32.1 Å². The number of rotatable bonds is 7. The molecule has 1 aliphatic carbocycles. The molecule has 1 aliphatic heterocycles. The van der Waals surface area contributed by atoms with Gasteiger partial charge in [0.2, 0.25) is 5.91 Å². The lowest BCUT2D eigenvalue weighted by atomic mass is 9.84. The summed E-state index contributed by atoms with van der Waals surface area (Å²) in [6, 6.07) is -0.0249. The number of aliphatic hydroxyl groups excluding tert-OH is 1. The minimum atomic E-state index is -0.524. The van der Waals surface area contributed by atoms with Crippen molar-refractivity contribution in [3.8, 4) is 0 Å². The van der Waals surface area contributed by atoms with Gasteiger partial charge in [-0.15, -0.1) is 0 Å². The number of aliphatic hydroxyl groups is 1. The van der Waals surface area contributed by atoms with Gasteiger partial charge in [0, 0.05) is 38.1 Å². The maximum atomic E-state index is 12.5. The summed E-state index contributed by atoms with van der Waals surface area (Å²) in [6.45, 7) is 7.11. The van der Waals surface area contributed by atoms with Crippen molar-refractivity contribution in [2.24, 2.45) is 11.8 Å². The molecular weight excluding hydrogens is 344 g/mol. The zero-order chi connectivity index (χ0) is 19.9. The molecule has 1 heterocycles. The maximum absolute atomic E-state index is 12.5. The van der Waals surface area contributed by atoms with Crippen LogP contribution in [0, 0.1) is 11.8 Å². The zero-order valence-corrected chi connectivity index (χ0v) is 17.3. The fraction of sp³-hybridized carbons (Fsp3) is 0.905. The van der Waals surface area contributed by atoms with Crippen LogP contribution in [0.1, 0.15) is 78.6 Å². The van der Waals surface area contributed by atoms with Crippen LogP contribution >= 0.6 is 0 Å². The summed E-state index contributed by atoms with van der Waals surface area (Å²) in [5, 5.41) is 12.3. The number of nitrogens with zero attached hydrogens (tertiary/aromatic N) is 1. The van der Waals surface area contributed by atoms with Crippen molar-refractivity contribution >= 4 is 12.0 Å². The molecule has 0 radical (unpaired) electrons. The molecule has 2 atom stereocenters. The van der Waals surface area contributed by atoms with E-state index in [2.05, 4.69) is 5.32 Å². The number of likely N-dealkylation sites (tertiary alicyclic amines) is 1. The maximum Gasteiger partial charge on any atom is 0.407 e. The van der Waals surface area contributed by atoms with Crippen molar-refractivity contribution in [2.75, 3.05) is 19.7 Å². The molecule has 0 spiro atoms. The van der Waals surface area contributed by atoms with E-state index in [9.17, 15) is 14.7 Å². The first kappa shape index (κ1) is 22.0. The normalized spacial score (nSPS) is 22.5. The van der Waals surface area contributed by atoms with E-state index < -0.39 is 11.7 Å². The average Bonchev–Trinajstić information content (AvgIpc) is 3.08. The Balaban J connectivity index is 1.86. The van der Waals surface area contributed by atoms with Gasteiger partial charge in [-0.1, -0.05) is 32.1 Å². The summed E-state index contributed by atoms with van der Waals surface area (Å²) in [7, 11) is 0. The second-order valence-electron chi connectivity index (χ2n) is 9.30. The predicted octanol–water partition coefficient (Wildman–Crippen LogP) is 3.47. The molecule has 0 aromatic carbocycles. The van der Waals surface area contributed by atoms with Gasteiger partial charge in [0.15, 0.2) is 0 Å². The van der Waals surface area contributed by atoms with Crippen LogP contribution in [-0.4, -0.2) is 53.3 Å². The monoisotopic (exact) mass is 382 g/mol. The summed E-state index contributed by atoms with van der Waals surface area (Å²) in [5.74, 6) is 0.969. The van der Waals surface area contributed by atoms with Gasteiger partial charge in [0.05, 0.1) is 0 Å². The third kappa shape index (κ3) is 8.08. The van der Waals surface area contributed by atoms with Crippen LogP contribution in [0.25, 0.3) is 0 Å². The first-order valence-corrected chi connectivity index (χ1v) is 10.6. The fourth-order valence-corrected chi connectivity index (χ4v) is 4.21. The average molecular weight is 383 g/mol. The molecule has 1 saturated heterocycles. The van der Waals surface area contributed by atoms with Crippen molar-refractivity contribution in [1.82, 2.24) is 10.2 Å². The van der Waals surface area contributed by atoms with Crippen molar-refractivity contribution in [2.45, 2.75) is 90.2 Å². The van der Waals surface area contributed by atoms with E-state index in [4.69, 9.17) is 4.74 Å². The first-order chi connectivity index (χ1) is 12.8. The van der Waals surface area contributed by atoms with E-state index in [0.717, 1.165) is 19.4 Å². The summed E-state index contributed by atoms with van der Waals surface area (Å²) in [4.78, 5) is 26.6. The molecule has 0 aromatic heterocycles. The largest absolute Gasteiger partial charge is 0.444 e. The molecule has 2 amide bonds. The Morgan fingerprint density at radius 1 is 1.15 bits per heavy atom. The Kier molecular flexibility index (Phi) is 8.39. The van der Waals surface area contributed by atoms with Crippen molar-refractivity contribution in [1.29, 1.82) is 0 Å². The summed E-state index contributed by atoms with van der Waals surface area (Å²) in [6.07, 6.45) is 8.75. The highest BCUT2D eigenvalue weighted by atomic mass is 16.6. The minimum absolute atomic E-state index is 0.0249. The molecule has 0 bridgehead atoms. The highest BCUT2D eigenvalue weighted by molar-refractivity contribution is 5.76. The van der Waals surface area contributed by atoms with Gasteiger partial charge in [0.25, 0.3) is 0 Å². The predicted molar refractivity (Wildman–Crippen MR) is 105 cm³/mol. The van der Waals surface area contributed by atoms with E-state index in [-0.39, 0.29) is 24.5 Å². The van der Waals surface area contributed by atoms with Crippen LogP contribution in [-0.2, 0) is 9.53 Å². The molecule has 156 valence electrons. The van der Waals surface area contributed by atoms with E-state index in [1.54, 1.807) is 0 Å².